The summed E-state index contributed by atoms with van der Waals surface area (Å²) in [7, 11) is 1.59. The molecule has 1 unspecified atom stereocenters. The van der Waals surface area contributed by atoms with Crippen LogP contribution in [0, 0.1) is 10.1 Å². The van der Waals surface area contributed by atoms with E-state index in [0.29, 0.717) is 29.6 Å². The maximum atomic E-state index is 13.2. The number of fused-ring (bicyclic) bond motifs is 1. The molecule has 156 valence electrons. The molecule has 30 heavy (non-hydrogen) atoms. The van der Waals surface area contributed by atoms with Crippen molar-refractivity contribution in [2.45, 2.75) is 25.4 Å². The number of benzene rings is 2. The van der Waals surface area contributed by atoms with Crippen LogP contribution in [0.25, 0.3) is 10.2 Å². The number of thiazole rings is 1. The lowest BCUT2D eigenvalue weighted by Crippen LogP contribution is -2.38. The molecule has 1 amide bonds. The molecule has 9 heteroatoms. The third kappa shape index (κ3) is 4.27. The van der Waals surface area contributed by atoms with Crippen LogP contribution in [0.3, 0.4) is 0 Å². The van der Waals surface area contributed by atoms with Gasteiger partial charge in [-0.1, -0.05) is 29.5 Å². The Bertz CT molecular complexity index is 1060. The van der Waals surface area contributed by atoms with Crippen molar-refractivity contribution in [3.05, 3.63) is 58.1 Å². The maximum Gasteiger partial charge on any atom is 0.269 e. The van der Waals surface area contributed by atoms with Crippen LogP contribution in [-0.4, -0.2) is 42.2 Å². The van der Waals surface area contributed by atoms with Crippen molar-refractivity contribution in [2.24, 2.45) is 0 Å². The van der Waals surface area contributed by atoms with Crippen molar-refractivity contribution >= 4 is 38.3 Å². The Morgan fingerprint density at radius 1 is 1.33 bits per heavy atom. The SMILES string of the molecule is COc1cccc2sc(N(CC3CCCO3)C(=O)Cc3ccc([N+](=O)[O-])cc3)nc12. The summed E-state index contributed by atoms with van der Waals surface area (Å²) in [6, 6.07) is 11.7. The van der Waals surface area contributed by atoms with Gasteiger partial charge in [0.05, 0.1) is 35.8 Å². The third-order valence-corrected chi connectivity index (χ3v) is 6.08. The Morgan fingerprint density at radius 2 is 2.13 bits per heavy atom. The molecule has 0 N–H and O–H groups in total. The van der Waals surface area contributed by atoms with E-state index in [1.165, 1.54) is 23.5 Å². The zero-order valence-electron chi connectivity index (χ0n) is 16.4. The highest BCUT2D eigenvalue weighted by Gasteiger charge is 2.26. The number of anilines is 1. The fourth-order valence-electron chi connectivity index (χ4n) is 3.48. The molecule has 1 aromatic heterocycles. The number of hydrogen-bond acceptors (Lipinski definition) is 7. The van der Waals surface area contributed by atoms with E-state index in [2.05, 4.69) is 4.98 Å². The van der Waals surface area contributed by atoms with Crippen molar-refractivity contribution in [2.75, 3.05) is 25.2 Å². The van der Waals surface area contributed by atoms with Gasteiger partial charge in [0.1, 0.15) is 11.3 Å². The van der Waals surface area contributed by atoms with E-state index in [1.54, 1.807) is 24.1 Å². The summed E-state index contributed by atoms with van der Waals surface area (Å²) in [4.78, 5) is 30.0. The highest BCUT2D eigenvalue weighted by molar-refractivity contribution is 7.22. The highest BCUT2D eigenvalue weighted by Crippen LogP contribution is 2.35. The lowest BCUT2D eigenvalue weighted by molar-refractivity contribution is -0.384. The highest BCUT2D eigenvalue weighted by atomic mass is 32.1. The van der Waals surface area contributed by atoms with Gasteiger partial charge in [0.25, 0.3) is 5.69 Å². The quantitative estimate of drug-likeness (QED) is 0.418. The molecule has 0 bridgehead atoms. The average Bonchev–Trinajstić information content (AvgIpc) is 3.41. The van der Waals surface area contributed by atoms with E-state index in [0.717, 1.165) is 23.1 Å². The average molecular weight is 427 g/mol. The number of methoxy groups -OCH3 is 1. The van der Waals surface area contributed by atoms with E-state index in [1.807, 2.05) is 18.2 Å². The summed E-state index contributed by atoms with van der Waals surface area (Å²) < 4.78 is 12.1. The van der Waals surface area contributed by atoms with Crippen LogP contribution in [0.2, 0.25) is 0 Å². The Labute approximate surface area is 177 Å². The minimum absolute atomic E-state index is 0.000629. The first-order valence-corrected chi connectivity index (χ1v) is 10.5. The van der Waals surface area contributed by atoms with Crippen molar-refractivity contribution in [3.8, 4) is 5.75 Å². The van der Waals surface area contributed by atoms with Gasteiger partial charge >= 0.3 is 0 Å². The van der Waals surface area contributed by atoms with Crippen LogP contribution in [0.1, 0.15) is 18.4 Å². The largest absolute Gasteiger partial charge is 0.494 e. The molecular weight excluding hydrogens is 406 g/mol. The molecule has 0 radical (unpaired) electrons. The number of hydrogen-bond donors (Lipinski definition) is 0. The number of carbonyl (C=O) groups is 1. The first-order valence-electron chi connectivity index (χ1n) is 9.64. The first-order chi connectivity index (χ1) is 14.5. The van der Waals surface area contributed by atoms with Crippen LogP contribution in [-0.2, 0) is 16.0 Å². The minimum atomic E-state index is -0.455. The van der Waals surface area contributed by atoms with Gasteiger partial charge in [-0.25, -0.2) is 4.98 Å². The standard InChI is InChI=1S/C21H21N3O5S/c1-28-17-5-2-6-18-20(17)22-21(30-18)23(13-16-4-3-11-29-16)19(25)12-14-7-9-15(10-8-14)24(26)27/h2,5-10,16H,3-4,11-13H2,1H3. The van der Waals surface area contributed by atoms with E-state index in [-0.39, 0.29) is 24.1 Å². The summed E-state index contributed by atoms with van der Waals surface area (Å²) >= 11 is 1.43. The second-order valence-corrected chi connectivity index (χ2v) is 8.05. The summed E-state index contributed by atoms with van der Waals surface area (Å²) in [6.45, 7) is 1.12. The van der Waals surface area contributed by atoms with Gasteiger partial charge in [0.2, 0.25) is 5.91 Å². The lowest BCUT2D eigenvalue weighted by atomic mass is 10.1. The molecule has 1 atom stereocenters. The summed E-state index contributed by atoms with van der Waals surface area (Å²) in [6.07, 6.45) is 1.97. The van der Waals surface area contributed by atoms with Crippen molar-refractivity contribution in [1.29, 1.82) is 0 Å². The van der Waals surface area contributed by atoms with Gasteiger partial charge in [-0.15, -0.1) is 0 Å². The van der Waals surface area contributed by atoms with Crippen LogP contribution >= 0.6 is 11.3 Å². The molecule has 3 aromatic rings. The number of aromatic nitrogens is 1. The number of carbonyl (C=O) groups excluding carboxylic acids is 1. The molecule has 2 aromatic carbocycles. The van der Waals surface area contributed by atoms with Gasteiger partial charge in [0.15, 0.2) is 5.13 Å². The van der Waals surface area contributed by atoms with Crippen LogP contribution < -0.4 is 9.64 Å². The van der Waals surface area contributed by atoms with Crippen LogP contribution in [0.4, 0.5) is 10.8 Å². The Hall–Kier alpha value is -3.04. The number of non-ortho nitro benzene ring substituents is 1. The van der Waals surface area contributed by atoms with Gasteiger partial charge in [-0.3, -0.25) is 19.8 Å². The fourth-order valence-corrected chi connectivity index (χ4v) is 4.49. The number of ether oxygens (including phenoxy) is 2. The van der Waals surface area contributed by atoms with E-state index >= 15 is 0 Å². The van der Waals surface area contributed by atoms with Gasteiger partial charge in [-0.2, -0.15) is 0 Å². The van der Waals surface area contributed by atoms with Crippen molar-refractivity contribution in [1.82, 2.24) is 4.98 Å². The Morgan fingerprint density at radius 3 is 2.80 bits per heavy atom. The molecule has 1 aliphatic rings. The number of amides is 1. The van der Waals surface area contributed by atoms with Gasteiger partial charge in [-0.05, 0) is 30.5 Å². The maximum absolute atomic E-state index is 13.2. The van der Waals surface area contributed by atoms with E-state index < -0.39 is 4.92 Å². The lowest BCUT2D eigenvalue weighted by Gasteiger charge is -2.23. The van der Waals surface area contributed by atoms with Gasteiger partial charge < -0.3 is 9.47 Å². The zero-order chi connectivity index (χ0) is 21.1. The van der Waals surface area contributed by atoms with Crippen LogP contribution in [0.15, 0.2) is 42.5 Å². The first kappa shape index (κ1) is 20.2. The third-order valence-electron chi connectivity index (χ3n) is 5.04. The summed E-state index contributed by atoms with van der Waals surface area (Å²) in [5, 5.41) is 11.5. The van der Waals surface area contributed by atoms with Crippen molar-refractivity contribution in [3.63, 3.8) is 0 Å². The molecule has 0 aliphatic carbocycles. The second kappa shape index (κ2) is 8.76. The molecule has 0 saturated carbocycles. The van der Waals surface area contributed by atoms with E-state index in [4.69, 9.17) is 9.47 Å². The molecule has 4 rings (SSSR count). The normalized spacial score (nSPS) is 16.0. The molecule has 0 spiro atoms. The molecular formula is C21H21N3O5S. The number of nitro benzene ring substituents is 1. The number of nitro groups is 1. The minimum Gasteiger partial charge on any atom is -0.494 e. The predicted molar refractivity (Wildman–Crippen MR) is 114 cm³/mol. The predicted octanol–water partition coefficient (Wildman–Crippen LogP) is 3.97. The second-order valence-electron chi connectivity index (χ2n) is 7.04. The monoisotopic (exact) mass is 427 g/mol. The molecule has 1 fully saturated rings. The molecule has 8 nitrogen and oxygen atoms in total. The van der Waals surface area contributed by atoms with Crippen molar-refractivity contribution < 1.29 is 19.2 Å². The van der Waals surface area contributed by atoms with E-state index in [9.17, 15) is 14.9 Å². The summed E-state index contributed by atoms with van der Waals surface area (Å²) in [5.74, 6) is 0.535. The number of nitrogens with zero attached hydrogens (tertiary/aromatic N) is 3. The zero-order valence-corrected chi connectivity index (χ0v) is 17.3. The fraction of sp³-hybridized carbons (Fsp3) is 0.333. The topological polar surface area (TPSA) is 94.8 Å². The Balaban J connectivity index is 1.62. The number of rotatable bonds is 7. The Kier molecular flexibility index (Phi) is 5.91. The van der Waals surface area contributed by atoms with Gasteiger partial charge in [0, 0.05) is 18.7 Å². The van der Waals surface area contributed by atoms with Crippen LogP contribution in [0.5, 0.6) is 5.75 Å². The molecule has 1 aliphatic heterocycles. The number of para-hydroxylation sites is 1. The smallest absolute Gasteiger partial charge is 0.269 e. The molecule has 2 heterocycles. The molecule has 1 saturated heterocycles. The summed E-state index contributed by atoms with van der Waals surface area (Å²) in [5.41, 5.74) is 1.43.